The molecule has 7 heteroatoms. The van der Waals surface area contributed by atoms with E-state index in [0.717, 1.165) is 50.2 Å². The molecule has 0 saturated heterocycles. The molecule has 0 bridgehead atoms. The zero-order valence-electron chi connectivity index (χ0n) is 15.2. The molecule has 0 amide bonds. The highest BCUT2D eigenvalue weighted by Crippen LogP contribution is 2.42. The molecule has 4 aromatic heterocycles. The third-order valence-electron chi connectivity index (χ3n) is 5.37. The fourth-order valence-corrected chi connectivity index (χ4v) is 4.82. The summed E-state index contributed by atoms with van der Waals surface area (Å²) in [5, 5.41) is 17.0. The van der Waals surface area contributed by atoms with Crippen molar-refractivity contribution in [1.29, 1.82) is 0 Å². The van der Waals surface area contributed by atoms with E-state index in [0.29, 0.717) is 6.10 Å². The van der Waals surface area contributed by atoms with Crippen molar-refractivity contribution in [2.75, 3.05) is 7.11 Å². The molecule has 0 spiro atoms. The van der Waals surface area contributed by atoms with Crippen LogP contribution in [0.25, 0.3) is 32.5 Å². The van der Waals surface area contributed by atoms with Crippen LogP contribution in [0.2, 0.25) is 0 Å². The van der Waals surface area contributed by atoms with Gasteiger partial charge in [-0.3, -0.25) is 4.68 Å². The topological polar surface area (TPSA) is 73.1 Å². The van der Waals surface area contributed by atoms with Crippen molar-refractivity contribution in [3.8, 4) is 11.3 Å². The van der Waals surface area contributed by atoms with Gasteiger partial charge in [-0.2, -0.15) is 5.10 Å². The molecule has 0 unspecified atom stereocenters. The van der Waals surface area contributed by atoms with Crippen LogP contribution in [0.5, 0.6) is 0 Å². The van der Waals surface area contributed by atoms with Crippen LogP contribution in [-0.4, -0.2) is 38.1 Å². The molecule has 1 fully saturated rings. The van der Waals surface area contributed by atoms with Crippen molar-refractivity contribution < 1.29 is 9.84 Å². The molecule has 0 radical (unpaired) electrons. The molecule has 4 aromatic rings. The van der Waals surface area contributed by atoms with Gasteiger partial charge >= 0.3 is 0 Å². The van der Waals surface area contributed by atoms with E-state index < -0.39 is 6.10 Å². The van der Waals surface area contributed by atoms with Crippen molar-refractivity contribution in [3.63, 3.8) is 0 Å². The number of thiophene rings is 1. The number of hydrogen-bond donors (Lipinski definition) is 1. The van der Waals surface area contributed by atoms with Gasteiger partial charge in [0.05, 0.1) is 17.9 Å². The van der Waals surface area contributed by atoms with Crippen LogP contribution in [0, 0.1) is 5.92 Å². The van der Waals surface area contributed by atoms with E-state index in [1.165, 1.54) is 0 Å². The van der Waals surface area contributed by atoms with Crippen LogP contribution < -0.4 is 0 Å². The van der Waals surface area contributed by atoms with Crippen LogP contribution in [0.15, 0.2) is 36.7 Å². The lowest BCUT2D eigenvalue weighted by atomic mass is 9.78. The van der Waals surface area contributed by atoms with Crippen molar-refractivity contribution in [3.05, 3.63) is 41.5 Å². The Morgan fingerprint density at radius 1 is 1.26 bits per heavy atom. The van der Waals surface area contributed by atoms with Crippen molar-refractivity contribution >= 4 is 32.6 Å². The second-order valence-corrected chi connectivity index (χ2v) is 8.28. The molecule has 27 heavy (non-hydrogen) atoms. The number of rotatable bonds is 4. The van der Waals surface area contributed by atoms with E-state index in [4.69, 9.17) is 9.72 Å². The van der Waals surface area contributed by atoms with Crippen LogP contribution in [0.3, 0.4) is 0 Å². The number of aliphatic hydroxyl groups excluding tert-OH is 1. The lowest BCUT2D eigenvalue weighted by Crippen LogP contribution is -2.34. The fourth-order valence-electron chi connectivity index (χ4n) is 3.71. The number of ether oxygens (including phenoxy) is 1. The van der Waals surface area contributed by atoms with Gasteiger partial charge in [0.2, 0.25) is 0 Å². The van der Waals surface area contributed by atoms with E-state index in [1.807, 2.05) is 25.5 Å². The number of aliphatic hydroxyl groups is 1. The van der Waals surface area contributed by atoms with E-state index in [2.05, 4.69) is 28.3 Å². The van der Waals surface area contributed by atoms with Gasteiger partial charge < -0.3 is 9.84 Å². The van der Waals surface area contributed by atoms with Gasteiger partial charge in [-0.15, -0.1) is 11.3 Å². The molecular weight excluding hydrogens is 360 g/mol. The molecule has 1 atom stereocenters. The second-order valence-electron chi connectivity index (χ2n) is 7.21. The van der Waals surface area contributed by atoms with Crippen LogP contribution in [0.1, 0.15) is 23.8 Å². The molecule has 1 N–H and O–H groups in total. The number of fused-ring (bicyclic) bond motifs is 2. The van der Waals surface area contributed by atoms with Gasteiger partial charge in [-0.1, -0.05) is 0 Å². The predicted molar refractivity (Wildman–Crippen MR) is 106 cm³/mol. The quantitative estimate of drug-likeness (QED) is 0.584. The number of aromatic nitrogens is 4. The monoisotopic (exact) mass is 380 g/mol. The highest BCUT2D eigenvalue weighted by molar-refractivity contribution is 7.18. The Morgan fingerprint density at radius 3 is 2.93 bits per heavy atom. The Bertz CT molecular complexity index is 1130. The van der Waals surface area contributed by atoms with E-state index in [-0.39, 0.29) is 5.92 Å². The molecular formula is C20H20N4O2S. The van der Waals surface area contributed by atoms with Crippen molar-refractivity contribution in [2.45, 2.75) is 25.0 Å². The minimum atomic E-state index is -0.438. The molecule has 1 aliphatic carbocycles. The maximum absolute atomic E-state index is 10.7. The molecule has 0 aliphatic heterocycles. The van der Waals surface area contributed by atoms with Crippen LogP contribution >= 0.6 is 11.3 Å². The molecule has 5 rings (SSSR count). The summed E-state index contributed by atoms with van der Waals surface area (Å²) in [4.78, 5) is 11.2. The Balaban J connectivity index is 1.46. The summed E-state index contributed by atoms with van der Waals surface area (Å²) < 4.78 is 7.09. The summed E-state index contributed by atoms with van der Waals surface area (Å²) in [5.74, 6) is 0.277. The Morgan fingerprint density at radius 2 is 2.11 bits per heavy atom. The second kappa shape index (κ2) is 6.37. The minimum Gasteiger partial charge on any atom is -0.387 e. The third kappa shape index (κ3) is 2.92. The SMILES string of the molecule is CO[C@H]1C[C@H]([C@@H](O)c2cc3ccc(-c4cnc5nn(C)cc5c4)nc3s2)C1. The lowest BCUT2D eigenvalue weighted by molar-refractivity contribution is -0.0501. The maximum Gasteiger partial charge on any atom is 0.181 e. The Hall–Kier alpha value is -2.35. The molecule has 0 aromatic carbocycles. The summed E-state index contributed by atoms with van der Waals surface area (Å²) in [6.07, 6.45) is 5.45. The lowest BCUT2D eigenvalue weighted by Gasteiger charge is -2.36. The van der Waals surface area contributed by atoms with Gasteiger partial charge in [0.1, 0.15) is 4.83 Å². The number of methoxy groups -OCH3 is 1. The zero-order chi connectivity index (χ0) is 18.5. The largest absolute Gasteiger partial charge is 0.387 e. The number of pyridine rings is 2. The average Bonchev–Trinajstić information content (AvgIpc) is 3.21. The van der Waals surface area contributed by atoms with Crippen molar-refractivity contribution in [1.82, 2.24) is 19.7 Å². The first kappa shape index (κ1) is 16.8. The first-order chi connectivity index (χ1) is 13.1. The van der Waals surface area contributed by atoms with E-state index in [9.17, 15) is 5.11 Å². The Labute approximate surface area is 160 Å². The first-order valence-electron chi connectivity index (χ1n) is 9.02. The van der Waals surface area contributed by atoms with Gasteiger partial charge in [0.25, 0.3) is 0 Å². The summed E-state index contributed by atoms with van der Waals surface area (Å²) in [6, 6.07) is 8.20. The molecule has 1 saturated carbocycles. The predicted octanol–water partition coefficient (Wildman–Crippen LogP) is 3.70. The zero-order valence-corrected chi connectivity index (χ0v) is 16.0. The molecule has 1 aliphatic rings. The molecule has 6 nitrogen and oxygen atoms in total. The van der Waals surface area contributed by atoms with Crippen molar-refractivity contribution in [2.24, 2.45) is 13.0 Å². The van der Waals surface area contributed by atoms with Crippen LogP contribution in [-0.2, 0) is 11.8 Å². The number of aryl methyl sites for hydroxylation is 1. The van der Waals surface area contributed by atoms with Crippen LogP contribution in [0.4, 0.5) is 0 Å². The van der Waals surface area contributed by atoms with E-state index >= 15 is 0 Å². The standard InChI is InChI=1S/C20H20N4O2S/c1-24-10-14-5-13(9-21-19(14)23-24)16-4-3-11-8-17(27-20(11)22-16)18(25)12-6-15(7-12)26-2/h3-5,8-10,12,15,18,25H,6-7H2,1-2H3/t12-,15-,18-/m1/s1. The third-order valence-corrected chi connectivity index (χ3v) is 6.49. The summed E-state index contributed by atoms with van der Waals surface area (Å²) in [7, 11) is 3.62. The highest BCUT2D eigenvalue weighted by atomic mass is 32.1. The average molecular weight is 380 g/mol. The molecule has 138 valence electrons. The van der Waals surface area contributed by atoms with E-state index in [1.54, 1.807) is 23.1 Å². The van der Waals surface area contributed by atoms with Gasteiger partial charge in [-0.05, 0) is 43.0 Å². The minimum absolute atomic E-state index is 0.277. The smallest absolute Gasteiger partial charge is 0.181 e. The summed E-state index contributed by atoms with van der Waals surface area (Å²) >= 11 is 1.57. The van der Waals surface area contributed by atoms with Gasteiger partial charge in [-0.25, -0.2) is 9.97 Å². The summed E-state index contributed by atoms with van der Waals surface area (Å²) in [5.41, 5.74) is 2.58. The Kier molecular flexibility index (Phi) is 3.96. The fraction of sp³-hybridized carbons (Fsp3) is 0.350. The first-order valence-corrected chi connectivity index (χ1v) is 9.83. The number of nitrogens with zero attached hydrogens (tertiary/aromatic N) is 4. The van der Waals surface area contributed by atoms with Gasteiger partial charge in [0, 0.05) is 47.8 Å². The summed E-state index contributed by atoms with van der Waals surface area (Å²) in [6.45, 7) is 0. The number of hydrogen-bond acceptors (Lipinski definition) is 6. The maximum atomic E-state index is 10.7. The molecule has 4 heterocycles. The normalized spacial score (nSPS) is 20.9. The highest BCUT2D eigenvalue weighted by Gasteiger charge is 2.35. The van der Waals surface area contributed by atoms with Gasteiger partial charge in [0.15, 0.2) is 5.65 Å².